The van der Waals surface area contributed by atoms with Crippen molar-refractivity contribution in [3.05, 3.63) is 34.3 Å². The molecule has 0 radical (unpaired) electrons. The molecule has 1 aliphatic rings. The zero-order chi connectivity index (χ0) is 36.2. The highest BCUT2D eigenvalue weighted by atomic mass is 32.2. The highest BCUT2D eigenvalue weighted by Crippen LogP contribution is 2.37. The monoisotopic (exact) mass is 708 g/mol. The average molecular weight is 709 g/mol. The fourth-order valence-corrected chi connectivity index (χ4v) is 6.51. The van der Waals surface area contributed by atoms with Gasteiger partial charge in [-0.1, -0.05) is 82.2 Å². The highest BCUT2D eigenvalue weighted by molar-refractivity contribution is 7.98. The predicted octanol–water partition coefficient (Wildman–Crippen LogP) is 6.41. The van der Waals surface area contributed by atoms with Crippen LogP contribution < -0.4 is 5.56 Å². The van der Waals surface area contributed by atoms with Crippen LogP contribution >= 0.6 is 11.8 Å². The minimum absolute atomic E-state index is 0.288. The fourth-order valence-electron chi connectivity index (χ4n) is 5.91. The summed E-state index contributed by atoms with van der Waals surface area (Å²) in [7, 11) is 0. The van der Waals surface area contributed by atoms with Crippen LogP contribution in [0.1, 0.15) is 130 Å². The normalized spacial score (nSPS) is 20.6. The zero-order valence-corrected chi connectivity index (χ0v) is 30.9. The summed E-state index contributed by atoms with van der Waals surface area (Å²) in [6, 6.07) is 1.42. The quantitative estimate of drug-likeness (QED) is 0.0327. The van der Waals surface area contributed by atoms with Crippen LogP contribution in [0.15, 0.2) is 28.2 Å². The molecule has 0 unspecified atom stereocenters. The first-order chi connectivity index (χ1) is 23.5. The van der Waals surface area contributed by atoms with Crippen molar-refractivity contribution in [1.82, 2.24) is 9.55 Å². The number of carbonyl (C=O) groups is 4. The predicted molar refractivity (Wildman–Crippen MR) is 186 cm³/mol. The maximum atomic E-state index is 12.7. The number of nitrogens with zero attached hydrogens (tertiary/aromatic N) is 2. The third kappa shape index (κ3) is 15.5. The molecule has 0 bridgehead atoms. The number of esters is 4. The van der Waals surface area contributed by atoms with Crippen molar-refractivity contribution < 1.29 is 42.9 Å². The van der Waals surface area contributed by atoms with E-state index in [1.807, 2.05) is 0 Å². The van der Waals surface area contributed by atoms with E-state index in [0.717, 1.165) is 44.9 Å². The molecule has 1 saturated heterocycles. The summed E-state index contributed by atoms with van der Waals surface area (Å²) < 4.78 is 30.1. The van der Waals surface area contributed by atoms with Crippen molar-refractivity contribution >= 4 is 35.6 Å². The Balaban J connectivity index is 2.21. The summed E-state index contributed by atoms with van der Waals surface area (Å²) in [5.41, 5.74) is 0.150. The number of unbranched alkanes of at least 4 members (excludes halogenated alkanes) is 11. The Hall–Kier alpha value is -3.19. The van der Waals surface area contributed by atoms with Gasteiger partial charge >= 0.3 is 23.9 Å². The number of rotatable bonds is 22. The van der Waals surface area contributed by atoms with Gasteiger partial charge in [0.1, 0.15) is 12.7 Å². The molecule has 1 fully saturated rings. The SMILES string of the molecule is CCCCCCCCC=CCCCCCCCc1cc(=O)nc(SC)n1[C@@H]1O[C@H](COC(C)=O)[C@@H](OC(C)=O)[C@H](OC(C)=O)[C@H]1OC(C)=O. The Morgan fingerprint density at radius 2 is 1.31 bits per heavy atom. The molecule has 1 aromatic rings. The minimum Gasteiger partial charge on any atom is -0.463 e. The van der Waals surface area contributed by atoms with Crippen molar-refractivity contribution in [2.24, 2.45) is 0 Å². The van der Waals surface area contributed by atoms with Crippen molar-refractivity contribution in [1.29, 1.82) is 0 Å². The Bertz CT molecular complexity index is 1280. The van der Waals surface area contributed by atoms with Crippen LogP contribution in [0.3, 0.4) is 0 Å². The van der Waals surface area contributed by atoms with E-state index in [2.05, 4.69) is 24.1 Å². The molecular weight excluding hydrogens is 652 g/mol. The van der Waals surface area contributed by atoms with Gasteiger partial charge in [-0.3, -0.25) is 28.5 Å². The van der Waals surface area contributed by atoms with Crippen LogP contribution in [0.25, 0.3) is 0 Å². The van der Waals surface area contributed by atoms with Crippen LogP contribution in [-0.4, -0.2) is 70.7 Å². The topological polar surface area (TPSA) is 149 Å². The molecule has 2 rings (SSSR count). The number of thioether (sulfide) groups is 1. The van der Waals surface area contributed by atoms with Gasteiger partial charge in [0, 0.05) is 39.5 Å². The fraction of sp³-hybridized carbons (Fsp3) is 0.722. The lowest BCUT2D eigenvalue weighted by molar-refractivity contribution is -0.270. The number of aryl methyl sites for hydroxylation is 1. The number of allylic oxidation sites excluding steroid dienone is 2. The Labute approximate surface area is 295 Å². The molecule has 0 spiro atoms. The van der Waals surface area contributed by atoms with E-state index in [1.165, 1.54) is 84.0 Å². The van der Waals surface area contributed by atoms with Gasteiger partial charge in [-0.25, -0.2) is 0 Å². The van der Waals surface area contributed by atoms with Crippen LogP contribution in [-0.2, 0) is 49.3 Å². The van der Waals surface area contributed by atoms with Gasteiger partial charge in [0.25, 0.3) is 5.56 Å². The Kier molecular flexibility index (Phi) is 19.9. The first kappa shape index (κ1) is 42.0. The molecule has 12 nitrogen and oxygen atoms in total. The molecular formula is C36H56N2O10S. The van der Waals surface area contributed by atoms with Gasteiger partial charge in [0.15, 0.2) is 29.7 Å². The number of carbonyl (C=O) groups excluding carboxylic acids is 4. The lowest BCUT2D eigenvalue weighted by Crippen LogP contribution is -2.61. The molecule has 276 valence electrons. The Morgan fingerprint density at radius 1 is 0.776 bits per heavy atom. The molecule has 2 heterocycles. The third-order valence-corrected chi connectivity index (χ3v) is 8.76. The van der Waals surface area contributed by atoms with Crippen molar-refractivity contribution in [3.8, 4) is 0 Å². The Morgan fingerprint density at radius 3 is 1.86 bits per heavy atom. The minimum atomic E-state index is -1.33. The van der Waals surface area contributed by atoms with Crippen molar-refractivity contribution in [3.63, 3.8) is 0 Å². The van der Waals surface area contributed by atoms with Gasteiger partial charge in [0.2, 0.25) is 0 Å². The molecule has 0 aliphatic carbocycles. The van der Waals surface area contributed by atoms with E-state index in [1.54, 1.807) is 10.8 Å². The first-order valence-electron chi connectivity index (χ1n) is 17.6. The van der Waals surface area contributed by atoms with E-state index in [4.69, 9.17) is 23.7 Å². The molecule has 1 aliphatic heterocycles. The lowest BCUT2D eigenvalue weighted by atomic mass is 9.96. The van der Waals surface area contributed by atoms with Crippen LogP contribution in [0.5, 0.6) is 0 Å². The van der Waals surface area contributed by atoms with E-state index < -0.39 is 60.1 Å². The van der Waals surface area contributed by atoms with Crippen molar-refractivity contribution in [2.45, 2.75) is 160 Å². The molecule has 0 amide bonds. The smallest absolute Gasteiger partial charge is 0.303 e. The highest BCUT2D eigenvalue weighted by Gasteiger charge is 2.53. The number of hydrogen-bond acceptors (Lipinski definition) is 12. The molecule has 13 heteroatoms. The van der Waals surface area contributed by atoms with Crippen molar-refractivity contribution in [2.75, 3.05) is 12.9 Å². The molecule has 0 aromatic carbocycles. The third-order valence-electron chi connectivity index (χ3n) is 8.11. The molecule has 1 aromatic heterocycles. The standard InChI is InChI=1S/C36H56N2O10S/c1-7-8-9-10-11-12-13-14-15-16-17-18-19-20-21-22-29-23-31(43)37-36(49-6)38(29)35-34(47-28(5)42)33(46-27(4)41)32(45-26(3)40)30(48-35)24-44-25(2)39/h14-15,23,30,32-35H,7-13,16-22,24H2,1-6H3/t30-,32-,33+,34-,35-/m1/s1. The van der Waals surface area contributed by atoms with Crippen LogP contribution in [0, 0.1) is 0 Å². The maximum Gasteiger partial charge on any atom is 0.303 e. The van der Waals surface area contributed by atoms with Gasteiger partial charge in [0.05, 0.1) is 0 Å². The summed E-state index contributed by atoms with van der Waals surface area (Å²) in [5, 5.41) is 0.288. The number of aromatic nitrogens is 2. The van der Waals surface area contributed by atoms with E-state index >= 15 is 0 Å². The van der Waals surface area contributed by atoms with Gasteiger partial charge in [-0.05, 0) is 44.8 Å². The van der Waals surface area contributed by atoms with E-state index in [-0.39, 0.29) is 11.8 Å². The van der Waals surface area contributed by atoms with Crippen LogP contribution in [0.2, 0.25) is 0 Å². The van der Waals surface area contributed by atoms with Crippen LogP contribution in [0.4, 0.5) is 0 Å². The molecule has 0 saturated carbocycles. The van der Waals surface area contributed by atoms with E-state index in [0.29, 0.717) is 12.1 Å². The second-order valence-corrected chi connectivity index (χ2v) is 13.1. The largest absolute Gasteiger partial charge is 0.463 e. The second-order valence-electron chi connectivity index (χ2n) is 12.4. The summed E-state index contributed by atoms with van der Waals surface area (Å²) in [6.07, 6.45) is 15.7. The molecule has 49 heavy (non-hydrogen) atoms. The van der Waals surface area contributed by atoms with E-state index in [9.17, 15) is 24.0 Å². The lowest BCUT2D eigenvalue weighted by Gasteiger charge is -2.45. The summed E-state index contributed by atoms with van der Waals surface area (Å²) >= 11 is 1.19. The molecule has 0 N–H and O–H groups in total. The van der Waals surface area contributed by atoms with Gasteiger partial charge < -0.3 is 23.7 Å². The summed E-state index contributed by atoms with van der Waals surface area (Å²) in [6.45, 7) is 6.65. The number of hydrogen-bond donors (Lipinski definition) is 0. The summed E-state index contributed by atoms with van der Waals surface area (Å²) in [4.78, 5) is 65.4. The second kappa shape index (κ2) is 23.3. The maximum absolute atomic E-state index is 12.7. The number of ether oxygens (including phenoxy) is 5. The average Bonchev–Trinajstić information content (AvgIpc) is 3.03. The van der Waals surface area contributed by atoms with Gasteiger partial charge in [-0.15, -0.1) is 0 Å². The molecule has 5 atom stereocenters. The first-order valence-corrected chi connectivity index (χ1v) is 18.8. The zero-order valence-electron chi connectivity index (χ0n) is 30.1. The van der Waals surface area contributed by atoms with Gasteiger partial charge in [-0.2, -0.15) is 4.98 Å². The summed E-state index contributed by atoms with van der Waals surface area (Å²) in [5.74, 6) is -2.73.